The molecule has 0 aromatic heterocycles. The number of rotatable bonds is 8. The number of methoxy groups -OCH3 is 1. The van der Waals surface area contributed by atoms with Crippen LogP contribution < -0.4 is 4.74 Å². The number of carbonyl (C=O) groups excluding carboxylic acids is 1. The predicted molar refractivity (Wildman–Crippen MR) is 88.8 cm³/mol. The molecule has 0 saturated heterocycles. The summed E-state index contributed by atoms with van der Waals surface area (Å²) in [7, 11) is 1.40. The van der Waals surface area contributed by atoms with Gasteiger partial charge in [0.2, 0.25) is 0 Å². The zero-order valence-electron chi connectivity index (χ0n) is 14.0. The van der Waals surface area contributed by atoms with Crippen LogP contribution in [0.4, 0.5) is 0 Å². The maximum absolute atomic E-state index is 11.5. The first-order valence-electron chi connectivity index (χ1n) is 7.82. The monoisotopic (exact) mass is 302 g/mol. The van der Waals surface area contributed by atoms with Gasteiger partial charge in [-0.25, -0.2) is 0 Å². The summed E-state index contributed by atoms with van der Waals surface area (Å²) >= 11 is 0. The van der Waals surface area contributed by atoms with Gasteiger partial charge in [0.05, 0.1) is 26.1 Å². The third kappa shape index (κ3) is 6.22. The summed E-state index contributed by atoms with van der Waals surface area (Å²) in [4.78, 5) is 11.5. The topological polar surface area (TPSA) is 35.5 Å². The molecule has 0 aliphatic rings. The average molecular weight is 302 g/mol. The SMILES string of the molecule is CC#C[C@@H](CC(=O)OC)c1ccc(OCC[C@@H](C)CC)cc1. The zero-order chi connectivity index (χ0) is 16.4. The minimum absolute atomic E-state index is 0.133. The third-order valence-corrected chi connectivity index (χ3v) is 3.78. The summed E-state index contributed by atoms with van der Waals surface area (Å²) in [6, 6.07) is 7.81. The van der Waals surface area contributed by atoms with Crippen LogP contribution in [0.5, 0.6) is 5.75 Å². The lowest BCUT2D eigenvalue weighted by molar-refractivity contribution is -0.140. The van der Waals surface area contributed by atoms with Crippen LogP contribution in [0, 0.1) is 17.8 Å². The van der Waals surface area contributed by atoms with Crippen LogP contribution in [0.3, 0.4) is 0 Å². The van der Waals surface area contributed by atoms with Crippen molar-refractivity contribution in [1.82, 2.24) is 0 Å². The van der Waals surface area contributed by atoms with E-state index in [4.69, 9.17) is 9.47 Å². The number of benzene rings is 1. The first kappa shape index (κ1) is 18.1. The van der Waals surface area contributed by atoms with E-state index < -0.39 is 0 Å². The molecular formula is C19H26O3. The molecule has 0 fully saturated rings. The minimum Gasteiger partial charge on any atom is -0.494 e. The highest BCUT2D eigenvalue weighted by atomic mass is 16.5. The third-order valence-electron chi connectivity index (χ3n) is 3.78. The van der Waals surface area contributed by atoms with Gasteiger partial charge in [-0.2, -0.15) is 0 Å². The predicted octanol–water partition coefficient (Wildman–Crippen LogP) is 4.17. The number of ether oxygens (including phenoxy) is 2. The highest BCUT2D eigenvalue weighted by molar-refractivity contribution is 5.71. The lowest BCUT2D eigenvalue weighted by Crippen LogP contribution is -2.07. The molecule has 0 amide bonds. The van der Waals surface area contributed by atoms with Gasteiger partial charge in [0, 0.05) is 0 Å². The molecule has 0 bridgehead atoms. The van der Waals surface area contributed by atoms with Crippen molar-refractivity contribution in [2.45, 2.75) is 46.0 Å². The Bertz CT molecular complexity index is 508. The number of hydrogen-bond acceptors (Lipinski definition) is 3. The fourth-order valence-corrected chi connectivity index (χ4v) is 2.05. The van der Waals surface area contributed by atoms with E-state index in [2.05, 4.69) is 25.7 Å². The molecule has 0 heterocycles. The molecule has 0 unspecified atom stereocenters. The van der Waals surface area contributed by atoms with Gasteiger partial charge in [0.25, 0.3) is 0 Å². The second-order valence-corrected chi connectivity index (χ2v) is 5.45. The maximum atomic E-state index is 11.5. The Kier molecular flexibility index (Phi) is 8.14. The fourth-order valence-electron chi connectivity index (χ4n) is 2.05. The molecule has 120 valence electrons. The van der Waals surface area contributed by atoms with E-state index >= 15 is 0 Å². The molecule has 1 rings (SSSR count). The van der Waals surface area contributed by atoms with Gasteiger partial charge < -0.3 is 9.47 Å². The molecular weight excluding hydrogens is 276 g/mol. The summed E-state index contributed by atoms with van der Waals surface area (Å²) in [6.45, 7) is 6.92. The van der Waals surface area contributed by atoms with E-state index in [1.54, 1.807) is 6.92 Å². The lowest BCUT2D eigenvalue weighted by atomic mass is 9.96. The Morgan fingerprint density at radius 1 is 1.27 bits per heavy atom. The van der Waals surface area contributed by atoms with Crippen molar-refractivity contribution in [3.63, 3.8) is 0 Å². The van der Waals surface area contributed by atoms with Gasteiger partial charge in [-0.1, -0.05) is 38.3 Å². The average Bonchev–Trinajstić information content (AvgIpc) is 2.54. The molecule has 2 atom stereocenters. The Morgan fingerprint density at radius 3 is 2.50 bits per heavy atom. The molecule has 1 aromatic rings. The van der Waals surface area contributed by atoms with Gasteiger partial charge in [-0.15, -0.1) is 5.92 Å². The van der Waals surface area contributed by atoms with Gasteiger partial charge in [-0.05, 0) is 37.0 Å². The number of hydrogen-bond donors (Lipinski definition) is 0. The Labute approximate surface area is 134 Å². The standard InChI is InChI=1S/C19H26O3/c1-5-7-17(14-19(20)21-4)16-8-10-18(11-9-16)22-13-12-15(3)6-2/h8-11,15,17H,6,12-14H2,1-4H3/t15-,17-/m0/s1. The van der Waals surface area contributed by atoms with Crippen molar-refractivity contribution < 1.29 is 14.3 Å². The number of carbonyl (C=O) groups is 1. The summed E-state index contributed by atoms with van der Waals surface area (Å²) in [6.07, 6.45) is 2.50. The highest BCUT2D eigenvalue weighted by Gasteiger charge is 2.14. The Morgan fingerprint density at radius 2 is 1.95 bits per heavy atom. The van der Waals surface area contributed by atoms with E-state index in [-0.39, 0.29) is 18.3 Å². The van der Waals surface area contributed by atoms with Crippen molar-refractivity contribution in [2.24, 2.45) is 5.92 Å². The van der Waals surface area contributed by atoms with Gasteiger partial charge in [0.1, 0.15) is 5.75 Å². The molecule has 22 heavy (non-hydrogen) atoms. The maximum Gasteiger partial charge on any atom is 0.307 e. The zero-order valence-corrected chi connectivity index (χ0v) is 14.0. The summed E-state index contributed by atoms with van der Waals surface area (Å²) in [5.74, 6) is 7.09. The first-order valence-corrected chi connectivity index (χ1v) is 7.82. The van der Waals surface area contributed by atoms with Crippen molar-refractivity contribution in [3.05, 3.63) is 29.8 Å². The van der Waals surface area contributed by atoms with Gasteiger partial charge in [0.15, 0.2) is 0 Å². The lowest BCUT2D eigenvalue weighted by Gasteiger charge is -2.12. The first-order chi connectivity index (χ1) is 10.6. The van der Waals surface area contributed by atoms with Crippen molar-refractivity contribution >= 4 is 5.97 Å². The van der Waals surface area contributed by atoms with Crippen LogP contribution in [0.15, 0.2) is 24.3 Å². The van der Waals surface area contributed by atoms with E-state index in [1.165, 1.54) is 13.5 Å². The number of esters is 1. The van der Waals surface area contributed by atoms with Crippen molar-refractivity contribution in [1.29, 1.82) is 0 Å². The molecule has 1 aromatic carbocycles. The smallest absolute Gasteiger partial charge is 0.307 e. The second-order valence-electron chi connectivity index (χ2n) is 5.45. The van der Waals surface area contributed by atoms with Crippen LogP contribution in [0.2, 0.25) is 0 Å². The summed E-state index contributed by atoms with van der Waals surface area (Å²) < 4.78 is 10.5. The van der Waals surface area contributed by atoms with Crippen molar-refractivity contribution in [2.75, 3.05) is 13.7 Å². The van der Waals surface area contributed by atoms with Crippen molar-refractivity contribution in [3.8, 4) is 17.6 Å². The van der Waals surface area contributed by atoms with E-state index in [0.29, 0.717) is 5.92 Å². The molecule has 0 aliphatic carbocycles. The minimum atomic E-state index is -0.248. The largest absolute Gasteiger partial charge is 0.494 e. The normalized spacial score (nSPS) is 12.7. The Balaban J connectivity index is 2.64. The molecule has 0 spiro atoms. The second kappa shape index (κ2) is 9.89. The molecule has 0 aliphatic heterocycles. The molecule has 0 saturated carbocycles. The van der Waals surface area contributed by atoms with E-state index in [0.717, 1.165) is 24.3 Å². The fraction of sp³-hybridized carbons (Fsp3) is 0.526. The van der Waals surface area contributed by atoms with Crippen LogP contribution in [0.25, 0.3) is 0 Å². The van der Waals surface area contributed by atoms with E-state index in [9.17, 15) is 4.79 Å². The van der Waals surface area contributed by atoms with Gasteiger partial charge >= 0.3 is 5.97 Å². The highest BCUT2D eigenvalue weighted by Crippen LogP contribution is 2.23. The quantitative estimate of drug-likeness (QED) is 0.534. The molecule has 3 nitrogen and oxygen atoms in total. The van der Waals surface area contributed by atoms with Crippen LogP contribution in [-0.4, -0.2) is 19.7 Å². The molecule has 3 heteroatoms. The molecule has 0 radical (unpaired) electrons. The van der Waals surface area contributed by atoms with E-state index in [1.807, 2.05) is 24.3 Å². The summed E-state index contributed by atoms with van der Waals surface area (Å²) in [5, 5.41) is 0. The van der Waals surface area contributed by atoms with Crippen LogP contribution in [-0.2, 0) is 9.53 Å². The van der Waals surface area contributed by atoms with Crippen LogP contribution >= 0.6 is 0 Å². The van der Waals surface area contributed by atoms with Crippen LogP contribution in [0.1, 0.15) is 51.5 Å². The molecule has 0 N–H and O–H groups in total. The van der Waals surface area contributed by atoms with Gasteiger partial charge in [-0.3, -0.25) is 4.79 Å². The Hall–Kier alpha value is -1.95. The summed E-state index contributed by atoms with van der Waals surface area (Å²) in [5.41, 5.74) is 1.01.